The number of rotatable bonds is 3. The van der Waals surface area contributed by atoms with Crippen LogP contribution in [-0.4, -0.2) is 29.5 Å². The maximum absolute atomic E-state index is 11.0. The molecule has 0 aromatic carbocycles. The lowest BCUT2D eigenvalue weighted by Crippen LogP contribution is -2.38. The molecule has 0 aromatic rings. The summed E-state index contributed by atoms with van der Waals surface area (Å²) in [6.07, 6.45) is 1.44. The lowest BCUT2D eigenvalue weighted by atomic mass is 9.83. The molecule has 0 aliphatic heterocycles. The van der Waals surface area contributed by atoms with Crippen molar-refractivity contribution in [2.24, 2.45) is 17.3 Å². The van der Waals surface area contributed by atoms with Crippen molar-refractivity contribution >= 4 is 5.97 Å². The van der Waals surface area contributed by atoms with Crippen LogP contribution in [0.25, 0.3) is 0 Å². The summed E-state index contributed by atoms with van der Waals surface area (Å²) in [7, 11) is 1.53. The highest BCUT2D eigenvalue weighted by Gasteiger charge is 2.43. The van der Waals surface area contributed by atoms with Gasteiger partial charge in [0.1, 0.15) is 0 Å². The predicted molar refractivity (Wildman–Crippen MR) is 60.8 cm³/mol. The molecule has 1 aliphatic rings. The Labute approximate surface area is 97.5 Å². The van der Waals surface area contributed by atoms with Crippen molar-refractivity contribution < 1.29 is 14.7 Å². The molecular formula is C12H23NO3. The molecule has 3 atom stereocenters. The van der Waals surface area contributed by atoms with Crippen LogP contribution < -0.4 is 0 Å². The molecule has 16 heavy (non-hydrogen) atoms. The fourth-order valence-corrected chi connectivity index (χ4v) is 2.60. The molecule has 0 radical (unpaired) electrons. The maximum Gasteiger partial charge on any atom is 0.304 e. The third-order valence-electron chi connectivity index (χ3n) is 3.84. The number of carbonyl (C=O) groups is 1. The Hall–Kier alpha value is -0.610. The molecule has 0 bridgehead atoms. The smallest absolute Gasteiger partial charge is 0.304 e. The van der Waals surface area contributed by atoms with Crippen LogP contribution in [0.4, 0.5) is 0 Å². The van der Waals surface area contributed by atoms with Crippen LogP contribution in [0.15, 0.2) is 0 Å². The van der Waals surface area contributed by atoms with E-state index in [9.17, 15) is 10.0 Å². The Balaban J connectivity index is 2.71. The second kappa shape index (κ2) is 4.72. The van der Waals surface area contributed by atoms with Gasteiger partial charge < -0.3 is 9.94 Å². The van der Waals surface area contributed by atoms with Gasteiger partial charge in [-0.05, 0) is 24.2 Å². The van der Waals surface area contributed by atoms with Crippen molar-refractivity contribution in [1.82, 2.24) is 5.06 Å². The van der Waals surface area contributed by atoms with E-state index in [1.807, 2.05) is 0 Å². The molecule has 0 amide bonds. The Kier molecular flexibility index (Phi) is 3.97. The second-order valence-electron chi connectivity index (χ2n) is 5.66. The number of ether oxygens (including phenoxy) is 1. The highest BCUT2D eigenvalue weighted by Crippen LogP contribution is 2.47. The molecule has 1 aliphatic carbocycles. The van der Waals surface area contributed by atoms with Crippen LogP contribution in [0.3, 0.4) is 0 Å². The van der Waals surface area contributed by atoms with Crippen molar-refractivity contribution in [3.63, 3.8) is 0 Å². The van der Waals surface area contributed by atoms with Crippen LogP contribution in [0.2, 0.25) is 0 Å². The van der Waals surface area contributed by atoms with Gasteiger partial charge in [-0.2, -0.15) is 5.06 Å². The van der Waals surface area contributed by atoms with Gasteiger partial charge in [0.05, 0.1) is 0 Å². The molecule has 1 fully saturated rings. The molecule has 3 unspecified atom stereocenters. The van der Waals surface area contributed by atoms with Gasteiger partial charge in [-0.1, -0.05) is 20.8 Å². The summed E-state index contributed by atoms with van der Waals surface area (Å²) in [5, 5.41) is 10.5. The van der Waals surface area contributed by atoms with Gasteiger partial charge in [-0.25, -0.2) is 0 Å². The van der Waals surface area contributed by atoms with Gasteiger partial charge in [-0.15, -0.1) is 0 Å². The summed E-state index contributed by atoms with van der Waals surface area (Å²) in [4.78, 5) is 11.0. The summed E-state index contributed by atoms with van der Waals surface area (Å²) >= 11 is 0. The number of esters is 1. The largest absolute Gasteiger partial charge is 0.444 e. The fraction of sp³-hybridized carbons (Fsp3) is 0.917. The number of hydrogen-bond acceptors (Lipinski definition) is 4. The Bertz CT molecular complexity index is 263. The van der Waals surface area contributed by atoms with E-state index in [0.717, 1.165) is 17.9 Å². The zero-order valence-electron chi connectivity index (χ0n) is 10.9. The minimum Gasteiger partial charge on any atom is -0.444 e. The molecule has 4 heteroatoms. The number of hydroxylamine groups is 2. The number of carbonyl (C=O) groups excluding carboxylic acids is 1. The SMILES string of the molecule is CC(=O)OC(C1CC(C)C(C)(C)C1)N(C)O. The third kappa shape index (κ3) is 2.95. The number of hydrogen-bond donors (Lipinski definition) is 1. The van der Waals surface area contributed by atoms with Crippen molar-refractivity contribution in [2.75, 3.05) is 7.05 Å². The van der Waals surface area contributed by atoms with Crippen LogP contribution in [0.1, 0.15) is 40.5 Å². The zero-order chi connectivity index (χ0) is 12.5. The number of nitrogens with zero attached hydrogens (tertiary/aromatic N) is 1. The topological polar surface area (TPSA) is 49.8 Å². The molecule has 1 saturated carbocycles. The highest BCUT2D eigenvalue weighted by molar-refractivity contribution is 5.66. The first-order valence-electron chi connectivity index (χ1n) is 5.83. The summed E-state index contributed by atoms with van der Waals surface area (Å²) in [5.74, 6) is 0.447. The summed E-state index contributed by atoms with van der Waals surface area (Å²) < 4.78 is 5.17. The van der Waals surface area contributed by atoms with Crippen LogP contribution >= 0.6 is 0 Å². The molecule has 0 spiro atoms. The van der Waals surface area contributed by atoms with E-state index in [1.54, 1.807) is 0 Å². The normalized spacial score (nSPS) is 30.4. The monoisotopic (exact) mass is 229 g/mol. The van der Waals surface area contributed by atoms with Gasteiger partial charge in [0, 0.05) is 19.9 Å². The highest BCUT2D eigenvalue weighted by atomic mass is 16.6. The van der Waals surface area contributed by atoms with Crippen molar-refractivity contribution in [3.8, 4) is 0 Å². The zero-order valence-corrected chi connectivity index (χ0v) is 10.9. The fourth-order valence-electron chi connectivity index (χ4n) is 2.60. The van der Waals surface area contributed by atoms with Crippen molar-refractivity contribution in [1.29, 1.82) is 0 Å². The summed E-state index contributed by atoms with van der Waals surface area (Å²) in [6.45, 7) is 8.03. The molecule has 0 aromatic heterocycles. The first-order chi connectivity index (χ1) is 7.24. The Morgan fingerprint density at radius 1 is 1.56 bits per heavy atom. The lowest BCUT2D eigenvalue weighted by Gasteiger charge is -2.28. The third-order valence-corrected chi connectivity index (χ3v) is 3.84. The van der Waals surface area contributed by atoms with Crippen LogP contribution in [0.5, 0.6) is 0 Å². The van der Waals surface area contributed by atoms with Crippen molar-refractivity contribution in [2.45, 2.75) is 46.8 Å². The van der Waals surface area contributed by atoms with Crippen LogP contribution in [0, 0.1) is 17.3 Å². The first kappa shape index (κ1) is 13.5. The van der Waals surface area contributed by atoms with E-state index < -0.39 is 6.23 Å². The quantitative estimate of drug-likeness (QED) is 0.458. The minimum atomic E-state index is -0.512. The summed E-state index contributed by atoms with van der Waals surface area (Å²) in [5.41, 5.74) is 0.249. The summed E-state index contributed by atoms with van der Waals surface area (Å²) in [6, 6.07) is 0. The van der Waals surface area contributed by atoms with E-state index in [1.165, 1.54) is 14.0 Å². The molecular weight excluding hydrogens is 206 g/mol. The van der Waals surface area contributed by atoms with Gasteiger partial charge in [0.2, 0.25) is 0 Å². The first-order valence-corrected chi connectivity index (χ1v) is 5.83. The molecule has 0 saturated heterocycles. The van der Waals surface area contributed by atoms with Gasteiger partial charge in [0.15, 0.2) is 6.23 Å². The maximum atomic E-state index is 11.0. The van der Waals surface area contributed by atoms with E-state index in [2.05, 4.69) is 20.8 Å². The predicted octanol–water partition coefficient (Wildman–Crippen LogP) is 2.27. The van der Waals surface area contributed by atoms with Crippen LogP contribution in [-0.2, 0) is 9.53 Å². The van der Waals surface area contributed by atoms with Crippen molar-refractivity contribution in [3.05, 3.63) is 0 Å². The van der Waals surface area contributed by atoms with E-state index in [0.29, 0.717) is 5.92 Å². The molecule has 0 heterocycles. The second-order valence-corrected chi connectivity index (χ2v) is 5.66. The van der Waals surface area contributed by atoms with E-state index in [-0.39, 0.29) is 17.3 Å². The Morgan fingerprint density at radius 2 is 2.12 bits per heavy atom. The molecule has 1 rings (SSSR count). The average molecular weight is 229 g/mol. The van der Waals surface area contributed by atoms with E-state index >= 15 is 0 Å². The molecule has 94 valence electrons. The van der Waals surface area contributed by atoms with Gasteiger partial charge in [-0.3, -0.25) is 4.79 Å². The molecule has 4 nitrogen and oxygen atoms in total. The molecule has 1 N–H and O–H groups in total. The standard InChI is InChI=1S/C12H23NO3/c1-8-6-10(7-12(8,3)4)11(13(5)15)16-9(2)14/h8,10-11,15H,6-7H2,1-5H3. The lowest BCUT2D eigenvalue weighted by molar-refractivity contribution is -0.219. The van der Waals surface area contributed by atoms with Gasteiger partial charge >= 0.3 is 5.97 Å². The average Bonchev–Trinajstić information content (AvgIpc) is 2.36. The van der Waals surface area contributed by atoms with E-state index in [4.69, 9.17) is 4.74 Å². The minimum absolute atomic E-state index is 0.212. The Morgan fingerprint density at radius 3 is 2.44 bits per heavy atom. The van der Waals surface area contributed by atoms with Gasteiger partial charge in [0.25, 0.3) is 0 Å².